The van der Waals surface area contributed by atoms with Crippen molar-refractivity contribution < 1.29 is 9.59 Å². The first-order valence-electron chi connectivity index (χ1n) is 6.70. The Labute approximate surface area is 122 Å². The van der Waals surface area contributed by atoms with E-state index in [1.165, 1.54) is 0 Å². The molecule has 0 bridgehead atoms. The molecular weight excluding hydrogens is 264 g/mol. The molecule has 4 nitrogen and oxygen atoms in total. The summed E-state index contributed by atoms with van der Waals surface area (Å²) in [6.45, 7) is 1.97. The first-order chi connectivity index (χ1) is 10.1. The molecule has 0 aromatic heterocycles. The number of nitrogens with zero attached hydrogens (tertiary/aromatic N) is 1. The average Bonchev–Trinajstić information content (AvgIpc) is 2.51. The van der Waals surface area contributed by atoms with Crippen LogP contribution in [0.5, 0.6) is 0 Å². The van der Waals surface area contributed by atoms with Crippen LogP contribution in [0, 0.1) is 6.92 Å². The Morgan fingerprint density at radius 3 is 2.29 bits per heavy atom. The second-order valence-electron chi connectivity index (χ2n) is 4.98. The zero-order chi connectivity index (χ0) is 14.8. The van der Waals surface area contributed by atoms with Crippen LogP contribution in [0.15, 0.2) is 59.6 Å². The Morgan fingerprint density at radius 1 is 0.952 bits per heavy atom. The van der Waals surface area contributed by atoms with Crippen LogP contribution in [0.1, 0.15) is 22.7 Å². The molecule has 1 N–H and O–H groups in total. The summed E-state index contributed by atoms with van der Waals surface area (Å²) < 4.78 is 0. The van der Waals surface area contributed by atoms with Gasteiger partial charge in [0.15, 0.2) is 0 Å². The van der Waals surface area contributed by atoms with Crippen molar-refractivity contribution >= 4 is 17.5 Å². The van der Waals surface area contributed by atoms with Gasteiger partial charge in [0.1, 0.15) is 11.8 Å². The van der Waals surface area contributed by atoms with Crippen molar-refractivity contribution in [3.8, 4) is 0 Å². The maximum atomic E-state index is 12.6. The summed E-state index contributed by atoms with van der Waals surface area (Å²) in [5.41, 5.74) is 2.73. The predicted octanol–water partition coefficient (Wildman–Crippen LogP) is 2.82. The van der Waals surface area contributed by atoms with Crippen LogP contribution in [0.2, 0.25) is 0 Å². The van der Waals surface area contributed by atoms with E-state index in [1.54, 1.807) is 0 Å². The zero-order valence-electron chi connectivity index (χ0n) is 11.5. The number of amides is 2. The molecule has 21 heavy (non-hydrogen) atoms. The molecule has 4 heteroatoms. The molecule has 1 atom stereocenters. The van der Waals surface area contributed by atoms with E-state index in [-0.39, 0.29) is 11.5 Å². The minimum atomic E-state index is -0.674. The van der Waals surface area contributed by atoms with Gasteiger partial charge in [-0.25, -0.2) is 4.79 Å². The van der Waals surface area contributed by atoms with Gasteiger partial charge in [-0.3, -0.25) is 4.79 Å². The number of urea groups is 1. The monoisotopic (exact) mass is 278 g/mol. The first-order valence-corrected chi connectivity index (χ1v) is 6.70. The van der Waals surface area contributed by atoms with Crippen LogP contribution in [-0.2, 0) is 4.79 Å². The fourth-order valence-electron chi connectivity index (χ4n) is 2.31. The normalized spacial score (nSPS) is 18.1. The van der Waals surface area contributed by atoms with Crippen LogP contribution in [0.3, 0.4) is 0 Å². The van der Waals surface area contributed by atoms with Crippen LogP contribution >= 0.6 is 0 Å². The standard InChI is InChI=1S/C17H14N2O2/c1-11-7-9-13(10-8-11)15-16(20)14(18-17(21)19-15)12-5-3-2-4-6-12/h2-10,14H,1H3,(H,18,21). The largest absolute Gasteiger partial charge is 0.342 e. The van der Waals surface area contributed by atoms with Crippen LogP contribution in [-0.4, -0.2) is 17.5 Å². The van der Waals surface area contributed by atoms with Gasteiger partial charge < -0.3 is 5.32 Å². The van der Waals surface area contributed by atoms with Gasteiger partial charge in [0, 0.05) is 5.56 Å². The first kappa shape index (κ1) is 13.2. The number of nitrogens with one attached hydrogen (secondary N) is 1. The molecule has 0 fully saturated rings. The van der Waals surface area contributed by atoms with Crippen LogP contribution < -0.4 is 5.32 Å². The van der Waals surface area contributed by atoms with Crippen molar-refractivity contribution in [2.45, 2.75) is 13.0 Å². The lowest BCUT2D eigenvalue weighted by Crippen LogP contribution is -2.41. The van der Waals surface area contributed by atoms with E-state index in [4.69, 9.17) is 0 Å². The molecule has 2 amide bonds. The van der Waals surface area contributed by atoms with E-state index in [0.717, 1.165) is 11.1 Å². The van der Waals surface area contributed by atoms with Crippen molar-refractivity contribution in [3.63, 3.8) is 0 Å². The number of benzene rings is 2. The van der Waals surface area contributed by atoms with Gasteiger partial charge in [-0.15, -0.1) is 0 Å². The second-order valence-corrected chi connectivity index (χ2v) is 4.98. The van der Waals surface area contributed by atoms with E-state index in [2.05, 4.69) is 10.3 Å². The average molecular weight is 278 g/mol. The van der Waals surface area contributed by atoms with Crippen LogP contribution in [0.25, 0.3) is 0 Å². The fourth-order valence-corrected chi connectivity index (χ4v) is 2.31. The molecule has 2 aromatic carbocycles. The van der Waals surface area contributed by atoms with Crippen molar-refractivity contribution in [2.24, 2.45) is 4.99 Å². The molecule has 1 aliphatic rings. The molecule has 1 heterocycles. The van der Waals surface area contributed by atoms with Gasteiger partial charge in [0.05, 0.1) is 0 Å². The molecule has 2 aromatic rings. The maximum absolute atomic E-state index is 12.6. The number of aryl methyl sites for hydroxylation is 1. The number of ketones is 1. The molecule has 0 saturated heterocycles. The second kappa shape index (κ2) is 5.32. The minimum Gasteiger partial charge on any atom is -0.322 e. The lowest BCUT2D eigenvalue weighted by atomic mass is 9.94. The Bertz CT molecular complexity index is 718. The van der Waals surface area contributed by atoms with Crippen molar-refractivity contribution in [3.05, 3.63) is 71.3 Å². The summed E-state index contributed by atoms with van der Waals surface area (Å²) in [4.78, 5) is 28.3. The third kappa shape index (κ3) is 2.60. The molecule has 104 valence electrons. The zero-order valence-corrected chi connectivity index (χ0v) is 11.5. The van der Waals surface area contributed by atoms with E-state index >= 15 is 0 Å². The highest BCUT2D eigenvalue weighted by Gasteiger charge is 2.32. The Hall–Kier alpha value is -2.75. The summed E-state index contributed by atoms with van der Waals surface area (Å²) >= 11 is 0. The van der Waals surface area contributed by atoms with Gasteiger partial charge in [-0.2, -0.15) is 4.99 Å². The number of carbonyl (C=O) groups excluding carboxylic acids is 2. The Balaban J connectivity index is 2.00. The summed E-state index contributed by atoms with van der Waals surface area (Å²) in [7, 11) is 0. The third-order valence-corrected chi connectivity index (χ3v) is 3.43. The van der Waals surface area contributed by atoms with Gasteiger partial charge in [0.2, 0.25) is 5.78 Å². The SMILES string of the molecule is Cc1ccc(C2=NC(=O)NC(c3ccccc3)C2=O)cc1. The molecule has 1 aliphatic heterocycles. The molecule has 0 aliphatic carbocycles. The number of Topliss-reactive ketones (excluding diaryl/α,β-unsaturated/α-hetero) is 1. The number of carbonyl (C=O) groups is 2. The highest BCUT2D eigenvalue weighted by atomic mass is 16.2. The van der Waals surface area contributed by atoms with E-state index < -0.39 is 12.1 Å². The Kier molecular flexibility index (Phi) is 3.36. The van der Waals surface area contributed by atoms with Crippen molar-refractivity contribution in [1.29, 1.82) is 0 Å². The molecular formula is C17H14N2O2. The van der Waals surface area contributed by atoms with E-state index in [1.807, 2.05) is 61.5 Å². The fraction of sp³-hybridized carbons (Fsp3) is 0.118. The molecule has 0 spiro atoms. The maximum Gasteiger partial charge on any atom is 0.342 e. The van der Waals surface area contributed by atoms with Gasteiger partial charge >= 0.3 is 6.03 Å². The number of aliphatic imine (C=N–C) groups is 1. The van der Waals surface area contributed by atoms with Crippen molar-refractivity contribution in [1.82, 2.24) is 5.32 Å². The van der Waals surface area contributed by atoms with E-state index in [0.29, 0.717) is 5.56 Å². The van der Waals surface area contributed by atoms with Crippen molar-refractivity contribution in [2.75, 3.05) is 0 Å². The summed E-state index contributed by atoms with van der Waals surface area (Å²) in [6, 6.07) is 15.4. The number of hydrogen-bond acceptors (Lipinski definition) is 2. The smallest absolute Gasteiger partial charge is 0.322 e. The van der Waals surface area contributed by atoms with Gasteiger partial charge in [0.25, 0.3) is 0 Å². The highest BCUT2D eigenvalue weighted by Crippen LogP contribution is 2.20. The highest BCUT2D eigenvalue weighted by molar-refractivity contribution is 6.50. The number of rotatable bonds is 2. The molecule has 1 unspecified atom stereocenters. The summed E-state index contributed by atoms with van der Waals surface area (Å²) in [6.07, 6.45) is 0. The third-order valence-electron chi connectivity index (χ3n) is 3.43. The van der Waals surface area contributed by atoms with Crippen LogP contribution in [0.4, 0.5) is 4.79 Å². The number of hydrogen-bond donors (Lipinski definition) is 1. The molecule has 0 saturated carbocycles. The van der Waals surface area contributed by atoms with E-state index in [9.17, 15) is 9.59 Å². The lowest BCUT2D eigenvalue weighted by molar-refractivity contribution is -0.114. The minimum absolute atomic E-state index is 0.190. The summed E-state index contributed by atoms with van der Waals surface area (Å²) in [5, 5.41) is 2.62. The van der Waals surface area contributed by atoms with Gasteiger partial charge in [-0.05, 0) is 12.5 Å². The quantitative estimate of drug-likeness (QED) is 0.918. The predicted molar refractivity (Wildman–Crippen MR) is 80.4 cm³/mol. The lowest BCUT2D eigenvalue weighted by Gasteiger charge is -2.22. The Morgan fingerprint density at radius 2 is 1.62 bits per heavy atom. The molecule has 0 radical (unpaired) electrons. The topological polar surface area (TPSA) is 58.5 Å². The molecule has 3 rings (SSSR count). The van der Waals surface area contributed by atoms with Gasteiger partial charge in [-0.1, -0.05) is 60.2 Å². The summed E-state index contributed by atoms with van der Waals surface area (Å²) in [5.74, 6) is -0.190.